The van der Waals surface area contributed by atoms with Crippen LogP contribution in [-0.2, 0) is 42.0 Å². The summed E-state index contributed by atoms with van der Waals surface area (Å²) in [6.45, 7) is 12.4. The normalized spacial score (nSPS) is 20.2. The number of nitrogens with zero attached hydrogens (tertiary/aromatic N) is 2. The summed E-state index contributed by atoms with van der Waals surface area (Å²) in [4.78, 5) is 63.1. The van der Waals surface area contributed by atoms with Crippen molar-refractivity contribution in [2.45, 2.75) is 114 Å². The van der Waals surface area contributed by atoms with Gasteiger partial charge in [0, 0.05) is 35.9 Å². The lowest BCUT2D eigenvalue weighted by atomic mass is 9.90. The Morgan fingerprint density at radius 2 is 1.70 bits per heavy atom. The first-order valence-corrected chi connectivity index (χ1v) is 23.2. The lowest BCUT2D eigenvalue weighted by Gasteiger charge is -2.34. The van der Waals surface area contributed by atoms with Crippen LogP contribution in [0, 0.1) is 5.92 Å². The van der Waals surface area contributed by atoms with Crippen LogP contribution in [0.3, 0.4) is 0 Å². The van der Waals surface area contributed by atoms with Gasteiger partial charge in [-0.2, -0.15) is 0 Å². The van der Waals surface area contributed by atoms with Crippen molar-refractivity contribution in [3.05, 3.63) is 108 Å². The minimum absolute atomic E-state index is 0.00919. The molecule has 64 heavy (non-hydrogen) atoms. The average Bonchev–Trinajstić information content (AvgIpc) is 3.89. The number of methoxy groups -OCH3 is 1. The molecular weight excluding hydrogens is 835 g/mol. The number of carbonyl (C=O) groups is 4. The maximum Gasteiger partial charge on any atom is 0.408 e. The van der Waals surface area contributed by atoms with Crippen molar-refractivity contribution in [1.29, 1.82) is 0 Å². The first kappa shape index (κ1) is 45.8. The van der Waals surface area contributed by atoms with Crippen LogP contribution in [0.5, 0.6) is 11.5 Å². The molecule has 3 aliphatic rings. The van der Waals surface area contributed by atoms with E-state index in [4.69, 9.17) is 19.2 Å². The number of aryl methyl sites for hydroxylation is 2. The number of benzene rings is 3. The molecule has 4 aromatic rings. The smallest absolute Gasteiger partial charge is 0.408 e. The summed E-state index contributed by atoms with van der Waals surface area (Å²) in [5.41, 5.74) is 2.89. The Kier molecular flexibility index (Phi) is 13.2. The third-order valence-electron chi connectivity index (χ3n) is 11.9. The van der Waals surface area contributed by atoms with Gasteiger partial charge in [0.1, 0.15) is 40.8 Å². The second-order valence-corrected chi connectivity index (χ2v) is 19.8. The quantitative estimate of drug-likeness (QED) is 0.127. The second-order valence-electron chi connectivity index (χ2n) is 18.1. The van der Waals surface area contributed by atoms with Gasteiger partial charge in [-0.3, -0.25) is 14.4 Å². The lowest BCUT2D eigenvalue weighted by Crippen LogP contribution is -2.62. The predicted molar refractivity (Wildman–Crippen MR) is 243 cm³/mol. The van der Waals surface area contributed by atoms with Crippen molar-refractivity contribution in [3.63, 3.8) is 0 Å². The molecule has 4 atom stereocenters. The Balaban J connectivity index is 1.24. The van der Waals surface area contributed by atoms with Crippen LogP contribution in [0.25, 0.3) is 22.2 Å². The molecule has 14 nitrogen and oxygen atoms in total. The van der Waals surface area contributed by atoms with E-state index in [1.54, 1.807) is 66.0 Å². The number of aromatic nitrogens is 1. The fraction of sp³-hybridized carbons (Fsp3) is 0.408. The fourth-order valence-electron chi connectivity index (χ4n) is 8.60. The summed E-state index contributed by atoms with van der Waals surface area (Å²) < 4.78 is 46.9. The van der Waals surface area contributed by atoms with Crippen LogP contribution in [-0.4, -0.2) is 85.1 Å². The molecule has 1 aliphatic heterocycles. The SMILES string of the molecule is C=CC1=CCC(NC(=O)[C@@H]2C[C@@H](Oc3cc(-c4ccc5c(c4)CCCC5)nc4cc(OC)ccc34)CN2C(=O)[C@@H](NC(=O)OC(C)(C)C)C(C)C)(C(=O)NS(=O)(=O)c2ccccc2)C1. The summed E-state index contributed by atoms with van der Waals surface area (Å²) in [6.07, 6.45) is 5.91. The van der Waals surface area contributed by atoms with E-state index in [1.807, 2.05) is 18.2 Å². The third-order valence-corrected chi connectivity index (χ3v) is 13.3. The van der Waals surface area contributed by atoms with Gasteiger partial charge in [-0.15, -0.1) is 0 Å². The second kappa shape index (κ2) is 18.5. The maximum atomic E-state index is 14.8. The number of pyridine rings is 1. The van der Waals surface area contributed by atoms with Gasteiger partial charge in [-0.05, 0) is 106 Å². The molecule has 3 N–H and O–H groups in total. The summed E-state index contributed by atoms with van der Waals surface area (Å²) in [6, 6.07) is 18.9. The summed E-state index contributed by atoms with van der Waals surface area (Å²) in [5, 5.41) is 6.28. The molecule has 0 saturated carbocycles. The zero-order valence-electron chi connectivity index (χ0n) is 37.2. The number of hydrogen-bond acceptors (Lipinski definition) is 10. The number of carbonyl (C=O) groups excluding carboxylic acids is 4. The van der Waals surface area contributed by atoms with Crippen LogP contribution < -0.4 is 24.8 Å². The molecule has 0 spiro atoms. The lowest BCUT2D eigenvalue weighted by molar-refractivity contribution is -0.142. The number of amides is 4. The van der Waals surface area contributed by atoms with E-state index in [0.717, 1.165) is 31.2 Å². The summed E-state index contributed by atoms with van der Waals surface area (Å²) in [7, 11) is -2.75. The Morgan fingerprint density at radius 1 is 0.969 bits per heavy atom. The van der Waals surface area contributed by atoms with Crippen molar-refractivity contribution >= 4 is 44.7 Å². The molecule has 1 saturated heterocycles. The van der Waals surface area contributed by atoms with Gasteiger partial charge in [-0.25, -0.2) is 22.9 Å². The molecule has 2 heterocycles. The predicted octanol–water partition coefficient (Wildman–Crippen LogP) is 6.95. The molecule has 3 aromatic carbocycles. The summed E-state index contributed by atoms with van der Waals surface area (Å²) >= 11 is 0. The van der Waals surface area contributed by atoms with Gasteiger partial charge in [0.15, 0.2) is 0 Å². The van der Waals surface area contributed by atoms with Crippen molar-refractivity contribution in [2.75, 3.05) is 13.7 Å². The maximum absolute atomic E-state index is 14.8. The average molecular weight is 892 g/mol. The van der Waals surface area contributed by atoms with Crippen molar-refractivity contribution in [1.82, 2.24) is 25.2 Å². The van der Waals surface area contributed by atoms with Gasteiger partial charge < -0.3 is 29.7 Å². The molecule has 15 heteroatoms. The van der Waals surface area contributed by atoms with E-state index in [9.17, 15) is 27.6 Å². The van der Waals surface area contributed by atoms with E-state index in [2.05, 4.69) is 40.1 Å². The topological polar surface area (TPSA) is 182 Å². The molecule has 1 aromatic heterocycles. The zero-order valence-corrected chi connectivity index (χ0v) is 38.0. The Hall–Kier alpha value is -6.22. The highest BCUT2D eigenvalue weighted by atomic mass is 32.2. The van der Waals surface area contributed by atoms with Crippen LogP contribution in [0.2, 0.25) is 0 Å². The third kappa shape index (κ3) is 10.1. The number of alkyl carbamates (subject to hydrolysis) is 1. The Labute approximate surface area is 374 Å². The fourth-order valence-corrected chi connectivity index (χ4v) is 9.67. The first-order chi connectivity index (χ1) is 30.4. The number of ether oxygens (including phenoxy) is 3. The standard InChI is InChI=1S/C49H57N5O9S/c1-8-31-22-23-49(28-31,46(57)53-64(59,60)37-16-10-9-11-17-37)52-44(55)41-26-36(29-54(41)45(56)43(30(2)3)51-47(58)63-48(4,5)6)62-42-27-39(50-40-25-35(61-7)20-21-38(40)42)34-19-18-32-14-12-13-15-33(32)24-34/h8-11,16-22,24-25,27,30,36,41,43H,1,12-15,23,26,28-29H2,2-7H3,(H,51,58)(H,52,55)(H,53,57)/t36-,41+,43+,49?/m1/s1. The number of sulfonamides is 1. The van der Waals surface area contributed by atoms with Crippen LogP contribution in [0.4, 0.5) is 4.79 Å². The number of nitrogens with one attached hydrogen (secondary N) is 3. The summed E-state index contributed by atoms with van der Waals surface area (Å²) in [5.74, 6) is -1.56. The van der Waals surface area contributed by atoms with E-state index in [-0.39, 0.29) is 30.7 Å². The van der Waals surface area contributed by atoms with Gasteiger partial charge >= 0.3 is 6.09 Å². The number of likely N-dealkylation sites (tertiary alicyclic amines) is 1. The molecule has 338 valence electrons. The van der Waals surface area contributed by atoms with Crippen LogP contribution in [0.1, 0.15) is 77.8 Å². The molecule has 2 aliphatic carbocycles. The van der Waals surface area contributed by atoms with Gasteiger partial charge in [-0.1, -0.05) is 62.9 Å². The zero-order chi connectivity index (χ0) is 46.0. The highest BCUT2D eigenvalue weighted by Crippen LogP contribution is 2.37. The highest BCUT2D eigenvalue weighted by Gasteiger charge is 2.49. The van der Waals surface area contributed by atoms with E-state index in [1.165, 1.54) is 40.3 Å². The largest absolute Gasteiger partial charge is 0.497 e. The molecule has 4 amide bonds. The van der Waals surface area contributed by atoms with E-state index in [0.29, 0.717) is 33.7 Å². The minimum Gasteiger partial charge on any atom is -0.497 e. The van der Waals surface area contributed by atoms with Crippen molar-refractivity contribution in [2.24, 2.45) is 5.92 Å². The van der Waals surface area contributed by atoms with Gasteiger partial charge in [0.05, 0.1) is 29.8 Å². The van der Waals surface area contributed by atoms with Crippen molar-refractivity contribution in [3.8, 4) is 22.8 Å². The van der Waals surface area contributed by atoms with Gasteiger partial charge in [0.2, 0.25) is 11.8 Å². The highest BCUT2D eigenvalue weighted by molar-refractivity contribution is 7.90. The van der Waals surface area contributed by atoms with Crippen LogP contribution >= 0.6 is 0 Å². The van der Waals surface area contributed by atoms with Crippen LogP contribution in [0.15, 0.2) is 102 Å². The molecular formula is C49H57N5O9S. The minimum atomic E-state index is -4.33. The van der Waals surface area contributed by atoms with Crippen molar-refractivity contribution < 1.29 is 41.8 Å². The number of allylic oxidation sites excluding steroid dienone is 1. The molecule has 0 radical (unpaired) electrons. The number of hydrogen-bond donors (Lipinski definition) is 3. The number of fused-ring (bicyclic) bond motifs is 2. The molecule has 1 unspecified atom stereocenters. The van der Waals surface area contributed by atoms with E-state index >= 15 is 0 Å². The Bertz CT molecular complexity index is 2610. The number of rotatable bonds is 13. The van der Waals surface area contributed by atoms with Gasteiger partial charge in [0.25, 0.3) is 15.9 Å². The van der Waals surface area contributed by atoms with E-state index < -0.39 is 69.1 Å². The first-order valence-electron chi connectivity index (χ1n) is 21.7. The molecule has 1 fully saturated rings. The molecule has 0 bridgehead atoms. The monoisotopic (exact) mass is 891 g/mol. The molecule has 7 rings (SSSR count). The Morgan fingerprint density at radius 3 is 2.38 bits per heavy atom.